The van der Waals surface area contributed by atoms with Gasteiger partial charge >= 0.3 is 0 Å². The molecule has 0 saturated heterocycles. The van der Waals surface area contributed by atoms with Gasteiger partial charge in [-0.1, -0.05) is 46.3 Å². The Morgan fingerprint density at radius 1 is 1.11 bits per heavy atom. The van der Waals surface area contributed by atoms with E-state index >= 15 is 0 Å². The van der Waals surface area contributed by atoms with Crippen molar-refractivity contribution in [3.8, 4) is 5.75 Å². The van der Waals surface area contributed by atoms with Crippen LogP contribution in [0.3, 0.4) is 0 Å². The molecule has 0 spiro atoms. The summed E-state index contributed by atoms with van der Waals surface area (Å²) in [5.41, 5.74) is 8.64. The number of halogens is 1. The summed E-state index contributed by atoms with van der Waals surface area (Å²) in [5, 5.41) is 0. The van der Waals surface area contributed by atoms with Gasteiger partial charge in [0, 0.05) is 4.47 Å². The maximum atomic E-state index is 6.51. The van der Waals surface area contributed by atoms with Gasteiger partial charge in [0.25, 0.3) is 0 Å². The van der Waals surface area contributed by atoms with Crippen molar-refractivity contribution in [2.45, 2.75) is 18.4 Å². The van der Waals surface area contributed by atoms with E-state index in [2.05, 4.69) is 46.3 Å². The number of hydrogen-bond acceptors (Lipinski definition) is 2. The van der Waals surface area contributed by atoms with Crippen molar-refractivity contribution in [1.29, 1.82) is 0 Å². The van der Waals surface area contributed by atoms with Crippen molar-refractivity contribution < 1.29 is 4.74 Å². The van der Waals surface area contributed by atoms with Crippen LogP contribution in [0.15, 0.2) is 53.0 Å². The third kappa shape index (κ3) is 2.82. The summed E-state index contributed by atoms with van der Waals surface area (Å²) in [5.74, 6) is 0.972. The molecule has 2 aromatic carbocycles. The first-order valence-corrected chi connectivity index (χ1v) is 7.18. The van der Waals surface area contributed by atoms with Crippen LogP contribution in [0, 0.1) is 0 Å². The molecule has 1 atom stereocenters. The summed E-state index contributed by atoms with van der Waals surface area (Å²) in [6.07, 6.45) is 1.69. The zero-order chi connectivity index (χ0) is 13.3. The Morgan fingerprint density at radius 3 is 2.63 bits per heavy atom. The lowest BCUT2D eigenvalue weighted by atomic mass is 9.84. The molecule has 0 amide bonds. The number of fused-ring (bicyclic) bond motifs is 1. The zero-order valence-corrected chi connectivity index (χ0v) is 12.2. The van der Waals surface area contributed by atoms with Crippen molar-refractivity contribution in [2.75, 3.05) is 6.61 Å². The second-order valence-corrected chi connectivity index (χ2v) is 6.15. The summed E-state index contributed by atoms with van der Waals surface area (Å²) in [4.78, 5) is 0. The molecule has 2 N–H and O–H groups in total. The lowest BCUT2D eigenvalue weighted by Gasteiger charge is -2.34. The van der Waals surface area contributed by atoms with Gasteiger partial charge in [-0.05, 0) is 42.2 Å². The van der Waals surface area contributed by atoms with E-state index in [1.165, 1.54) is 11.1 Å². The smallest absolute Gasteiger partial charge is 0.122 e. The Labute approximate surface area is 121 Å². The Morgan fingerprint density at radius 2 is 1.84 bits per heavy atom. The Hall–Kier alpha value is -1.32. The minimum Gasteiger partial charge on any atom is -0.491 e. The van der Waals surface area contributed by atoms with Crippen LogP contribution in [0.5, 0.6) is 5.75 Å². The Bertz CT molecular complexity index is 582. The fraction of sp³-hybridized carbons (Fsp3) is 0.250. The lowest BCUT2D eigenvalue weighted by Crippen LogP contribution is -2.51. The number of para-hydroxylation sites is 1. The average Bonchev–Trinajstić information content (AvgIpc) is 2.41. The summed E-state index contributed by atoms with van der Waals surface area (Å²) in [6.45, 7) is 0.570. The first kappa shape index (κ1) is 12.7. The topological polar surface area (TPSA) is 35.2 Å². The van der Waals surface area contributed by atoms with Gasteiger partial charge in [0.05, 0.1) is 5.54 Å². The predicted molar refractivity (Wildman–Crippen MR) is 80.4 cm³/mol. The van der Waals surface area contributed by atoms with Gasteiger partial charge in [0.2, 0.25) is 0 Å². The predicted octanol–water partition coefficient (Wildman–Crippen LogP) is 3.32. The minimum absolute atomic E-state index is 0.317. The number of rotatable bonds is 2. The van der Waals surface area contributed by atoms with E-state index in [1.54, 1.807) is 0 Å². The third-order valence-electron chi connectivity index (χ3n) is 3.50. The van der Waals surface area contributed by atoms with Crippen molar-refractivity contribution in [3.05, 3.63) is 64.1 Å². The molecule has 2 nitrogen and oxygen atoms in total. The molecule has 2 aromatic rings. The molecule has 0 aromatic heterocycles. The SMILES string of the molecule is NC1(Cc2ccc(Br)cc2)COc2ccccc2C1. The minimum atomic E-state index is -0.317. The molecule has 98 valence electrons. The summed E-state index contributed by atoms with van der Waals surface area (Å²) < 4.78 is 6.89. The maximum absolute atomic E-state index is 6.51. The average molecular weight is 318 g/mol. The van der Waals surface area contributed by atoms with Crippen LogP contribution in [-0.4, -0.2) is 12.1 Å². The third-order valence-corrected chi connectivity index (χ3v) is 4.03. The fourth-order valence-corrected chi connectivity index (χ4v) is 2.83. The number of ether oxygens (including phenoxy) is 1. The highest BCUT2D eigenvalue weighted by Gasteiger charge is 2.31. The van der Waals surface area contributed by atoms with Crippen LogP contribution in [0.25, 0.3) is 0 Å². The van der Waals surface area contributed by atoms with Crippen LogP contribution in [0.2, 0.25) is 0 Å². The fourth-order valence-electron chi connectivity index (χ4n) is 2.56. The van der Waals surface area contributed by atoms with E-state index in [0.717, 1.165) is 23.1 Å². The molecule has 1 unspecified atom stereocenters. The number of hydrogen-bond donors (Lipinski definition) is 1. The van der Waals surface area contributed by atoms with Gasteiger partial charge in [-0.15, -0.1) is 0 Å². The van der Waals surface area contributed by atoms with E-state index < -0.39 is 0 Å². The molecule has 1 aliphatic heterocycles. The van der Waals surface area contributed by atoms with E-state index in [0.29, 0.717) is 6.61 Å². The lowest BCUT2D eigenvalue weighted by molar-refractivity contribution is 0.190. The molecular weight excluding hydrogens is 302 g/mol. The van der Waals surface area contributed by atoms with E-state index in [4.69, 9.17) is 10.5 Å². The molecule has 1 aliphatic rings. The number of benzene rings is 2. The largest absolute Gasteiger partial charge is 0.491 e. The molecule has 1 heterocycles. The standard InChI is InChI=1S/C16H16BrNO/c17-14-7-5-12(6-8-14)9-16(18)10-13-3-1-2-4-15(13)19-11-16/h1-8H,9-11,18H2. The molecule has 3 rings (SSSR count). The Balaban J connectivity index is 1.80. The molecule has 19 heavy (non-hydrogen) atoms. The quantitative estimate of drug-likeness (QED) is 0.922. The van der Waals surface area contributed by atoms with Gasteiger partial charge in [-0.3, -0.25) is 0 Å². The van der Waals surface area contributed by atoms with Crippen molar-refractivity contribution in [1.82, 2.24) is 0 Å². The van der Waals surface area contributed by atoms with Crippen LogP contribution in [0.1, 0.15) is 11.1 Å². The highest BCUT2D eigenvalue weighted by atomic mass is 79.9. The molecule has 3 heteroatoms. The van der Waals surface area contributed by atoms with E-state index in [9.17, 15) is 0 Å². The molecule has 0 bridgehead atoms. The second kappa shape index (κ2) is 4.99. The van der Waals surface area contributed by atoms with Crippen LogP contribution >= 0.6 is 15.9 Å². The van der Waals surface area contributed by atoms with Gasteiger partial charge in [-0.2, -0.15) is 0 Å². The van der Waals surface area contributed by atoms with Crippen LogP contribution in [0.4, 0.5) is 0 Å². The highest BCUT2D eigenvalue weighted by molar-refractivity contribution is 9.10. The van der Waals surface area contributed by atoms with Crippen LogP contribution in [-0.2, 0) is 12.8 Å². The molecule has 0 aliphatic carbocycles. The molecule has 0 fully saturated rings. The molecule has 0 saturated carbocycles. The summed E-state index contributed by atoms with van der Waals surface area (Å²) >= 11 is 3.45. The second-order valence-electron chi connectivity index (χ2n) is 5.24. The van der Waals surface area contributed by atoms with Crippen molar-refractivity contribution >= 4 is 15.9 Å². The zero-order valence-electron chi connectivity index (χ0n) is 10.6. The highest BCUT2D eigenvalue weighted by Crippen LogP contribution is 2.30. The van der Waals surface area contributed by atoms with Crippen molar-refractivity contribution in [3.63, 3.8) is 0 Å². The first-order chi connectivity index (χ1) is 9.15. The Kier molecular flexibility index (Phi) is 3.33. The van der Waals surface area contributed by atoms with Gasteiger partial charge < -0.3 is 10.5 Å². The summed E-state index contributed by atoms with van der Waals surface area (Å²) in [6, 6.07) is 16.5. The van der Waals surface area contributed by atoms with Gasteiger partial charge in [0.15, 0.2) is 0 Å². The van der Waals surface area contributed by atoms with E-state index in [1.807, 2.05) is 18.2 Å². The van der Waals surface area contributed by atoms with Gasteiger partial charge in [0.1, 0.15) is 12.4 Å². The molecular formula is C16H16BrNO. The maximum Gasteiger partial charge on any atom is 0.122 e. The monoisotopic (exact) mass is 317 g/mol. The molecule has 0 radical (unpaired) electrons. The van der Waals surface area contributed by atoms with Crippen LogP contribution < -0.4 is 10.5 Å². The van der Waals surface area contributed by atoms with Crippen molar-refractivity contribution in [2.24, 2.45) is 5.73 Å². The van der Waals surface area contributed by atoms with Gasteiger partial charge in [-0.25, -0.2) is 0 Å². The summed E-state index contributed by atoms with van der Waals surface area (Å²) in [7, 11) is 0. The van der Waals surface area contributed by atoms with E-state index in [-0.39, 0.29) is 5.54 Å². The normalized spacial score (nSPS) is 21.6. The number of nitrogens with two attached hydrogens (primary N) is 1. The first-order valence-electron chi connectivity index (χ1n) is 6.39.